The number of anilines is 3. The summed E-state index contributed by atoms with van der Waals surface area (Å²) in [5.41, 5.74) is 7.20. The van der Waals surface area contributed by atoms with E-state index in [-0.39, 0.29) is 35.4 Å². The fourth-order valence-electron chi connectivity index (χ4n) is 4.71. The molecule has 3 aromatic rings. The number of nitrogens with two attached hydrogens (primary N) is 1. The number of benzene rings is 1. The molecule has 0 saturated heterocycles. The van der Waals surface area contributed by atoms with Gasteiger partial charge in [-0.3, -0.25) is 19.0 Å². The quantitative estimate of drug-likeness (QED) is 0.363. The zero-order valence-corrected chi connectivity index (χ0v) is 20.9. The Morgan fingerprint density at radius 3 is 2.62 bits per heavy atom. The van der Waals surface area contributed by atoms with Crippen LogP contribution in [0, 0.1) is 5.92 Å². The monoisotopic (exact) mass is 545 g/mol. The number of nitrogens with zero attached hydrogens (tertiary/aromatic N) is 4. The molecule has 2 amide bonds. The molecule has 2 saturated carbocycles. The topological polar surface area (TPSA) is 146 Å². The van der Waals surface area contributed by atoms with Crippen molar-refractivity contribution < 1.29 is 32.2 Å². The van der Waals surface area contributed by atoms with Crippen molar-refractivity contribution in [1.29, 1.82) is 0 Å². The van der Waals surface area contributed by atoms with Gasteiger partial charge in [-0.25, -0.2) is 0 Å². The summed E-state index contributed by atoms with van der Waals surface area (Å²) in [7, 11) is 1.46. The third-order valence-electron chi connectivity index (χ3n) is 6.67. The third kappa shape index (κ3) is 5.95. The minimum absolute atomic E-state index is 0.0590. The molecule has 4 N–H and O–H groups in total. The fourth-order valence-corrected chi connectivity index (χ4v) is 4.71. The minimum atomic E-state index is -4.72. The summed E-state index contributed by atoms with van der Waals surface area (Å²) < 4.78 is 50.1. The third-order valence-corrected chi connectivity index (χ3v) is 6.67. The van der Waals surface area contributed by atoms with Crippen LogP contribution in [0.4, 0.5) is 30.4 Å². The normalized spacial score (nSPS) is 19.1. The molecule has 2 heterocycles. The van der Waals surface area contributed by atoms with Gasteiger partial charge in [-0.05, 0) is 38.2 Å². The number of halogens is 3. The molecule has 11 nitrogen and oxygen atoms in total. The van der Waals surface area contributed by atoms with Crippen molar-refractivity contribution in [2.45, 2.75) is 50.6 Å². The Labute approximate surface area is 220 Å². The summed E-state index contributed by atoms with van der Waals surface area (Å²) in [6, 6.07) is 6.10. The highest BCUT2D eigenvalue weighted by Crippen LogP contribution is 2.41. The molecule has 2 atom stereocenters. The van der Waals surface area contributed by atoms with Crippen molar-refractivity contribution in [3.63, 3.8) is 0 Å². The van der Waals surface area contributed by atoms with Gasteiger partial charge >= 0.3 is 6.36 Å². The smallest absolute Gasteiger partial charge is 0.494 e. The molecule has 0 spiro atoms. The molecule has 2 aromatic heterocycles. The maximum absolute atomic E-state index is 12.9. The number of alkyl halides is 3. The zero-order chi connectivity index (χ0) is 27.7. The highest BCUT2D eigenvalue weighted by molar-refractivity contribution is 5.99. The van der Waals surface area contributed by atoms with E-state index in [1.807, 2.05) is 0 Å². The van der Waals surface area contributed by atoms with E-state index in [2.05, 4.69) is 30.7 Å². The van der Waals surface area contributed by atoms with Crippen LogP contribution in [0.3, 0.4) is 0 Å². The van der Waals surface area contributed by atoms with E-state index in [4.69, 9.17) is 10.5 Å². The summed E-state index contributed by atoms with van der Waals surface area (Å²) >= 11 is 0. The highest BCUT2D eigenvalue weighted by Gasteiger charge is 2.40. The number of carbonyl (C=O) groups is 2. The minimum Gasteiger partial charge on any atom is -0.494 e. The standard InChI is InChI=1S/C25H26F3N7O4/c1-38-22-15(14-11-30-35(12-14)18-6-3-7-19(18)39-25(26,27)28)4-2-5-16(22)31-17-10-20(32-24(37)13-8-9-13)33-34-21(17)23(29)36/h2,4-5,10-13,18-19H,3,6-9H2,1H3,(H2,29,36)(H2,31,32,33,37)/t18-,19-/m0/s1. The number of para-hydroxylation sites is 1. The number of amides is 2. The second kappa shape index (κ2) is 10.5. The highest BCUT2D eigenvalue weighted by atomic mass is 19.4. The average Bonchev–Trinajstić information content (AvgIpc) is 3.46. The Kier molecular flexibility index (Phi) is 7.12. The van der Waals surface area contributed by atoms with Crippen molar-refractivity contribution in [1.82, 2.24) is 20.0 Å². The van der Waals surface area contributed by atoms with Gasteiger partial charge in [0.05, 0.1) is 36.8 Å². The van der Waals surface area contributed by atoms with E-state index in [9.17, 15) is 22.8 Å². The lowest BCUT2D eigenvalue weighted by atomic mass is 10.1. The van der Waals surface area contributed by atoms with Crippen LogP contribution in [0.5, 0.6) is 5.75 Å². The molecule has 39 heavy (non-hydrogen) atoms. The summed E-state index contributed by atoms with van der Waals surface area (Å²) in [6.07, 6.45) is 0.444. The molecule has 206 valence electrons. The molecule has 0 unspecified atom stereocenters. The Bertz CT molecular complexity index is 1390. The van der Waals surface area contributed by atoms with Gasteiger partial charge < -0.3 is 21.1 Å². The van der Waals surface area contributed by atoms with Gasteiger partial charge in [-0.15, -0.1) is 23.4 Å². The Morgan fingerprint density at radius 2 is 1.92 bits per heavy atom. The Balaban J connectivity index is 1.43. The van der Waals surface area contributed by atoms with Crippen LogP contribution in [0.25, 0.3) is 11.1 Å². The average molecular weight is 546 g/mol. The van der Waals surface area contributed by atoms with Gasteiger partial charge in [0.15, 0.2) is 11.5 Å². The van der Waals surface area contributed by atoms with Crippen LogP contribution in [-0.2, 0) is 9.53 Å². The molecule has 2 fully saturated rings. The van der Waals surface area contributed by atoms with Crippen LogP contribution >= 0.6 is 0 Å². The Morgan fingerprint density at radius 1 is 1.13 bits per heavy atom. The van der Waals surface area contributed by atoms with Crippen LogP contribution in [0.15, 0.2) is 36.7 Å². The van der Waals surface area contributed by atoms with E-state index < -0.39 is 24.4 Å². The number of rotatable bonds is 9. The van der Waals surface area contributed by atoms with Gasteiger partial charge in [0, 0.05) is 29.3 Å². The summed E-state index contributed by atoms with van der Waals surface area (Å²) in [5, 5.41) is 17.8. The zero-order valence-electron chi connectivity index (χ0n) is 20.9. The number of carbonyl (C=O) groups excluding carboxylic acids is 2. The van der Waals surface area contributed by atoms with Gasteiger partial charge in [-0.2, -0.15) is 5.10 Å². The van der Waals surface area contributed by atoms with Crippen molar-refractivity contribution in [3.8, 4) is 16.9 Å². The second-order valence-electron chi connectivity index (χ2n) is 9.44. The van der Waals surface area contributed by atoms with Crippen LogP contribution in [0.1, 0.15) is 48.6 Å². The van der Waals surface area contributed by atoms with Crippen LogP contribution < -0.4 is 21.1 Å². The molecular weight excluding hydrogens is 519 g/mol. The summed E-state index contributed by atoms with van der Waals surface area (Å²) in [6.45, 7) is 0. The first-order valence-corrected chi connectivity index (χ1v) is 12.3. The van der Waals surface area contributed by atoms with Gasteiger partial charge in [0.2, 0.25) is 5.91 Å². The lowest BCUT2D eigenvalue weighted by Gasteiger charge is -2.21. The van der Waals surface area contributed by atoms with Crippen molar-refractivity contribution in [2.24, 2.45) is 11.7 Å². The maximum atomic E-state index is 12.9. The van der Waals surface area contributed by atoms with Crippen molar-refractivity contribution >= 4 is 29.0 Å². The fraction of sp³-hybridized carbons (Fsp3) is 0.400. The van der Waals surface area contributed by atoms with E-state index in [0.717, 1.165) is 12.8 Å². The maximum Gasteiger partial charge on any atom is 0.522 e. The van der Waals surface area contributed by atoms with Crippen molar-refractivity contribution in [2.75, 3.05) is 17.7 Å². The Hall–Kier alpha value is -4.20. The van der Waals surface area contributed by atoms with Gasteiger partial charge in [0.1, 0.15) is 5.75 Å². The largest absolute Gasteiger partial charge is 0.522 e. The molecule has 2 aliphatic carbocycles. The van der Waals surface area contributed by atoms with E-state index in [0.29, 0.717) is 35.4 Å². The molecule has 14 heteroatoms. The number of primary amides is 1. The van der Waals surface area contributed by atoms with E-state index >= 15 is 0 Å². The molecule has 0 bridgehead atoms. The number of hydrogen-bond acceptors (Lipinski definition) is 8. The predicted molar refractivity (Wildman–Crippen MR) is 133 cm³/mol. The number of nitrogens with one attached hydrogen (secondary N) is 2. The van der Waals surface area contributed by atoms with E-state index in [1.54, 1.807) is 30.6 Å². The molecule has 0 radical (unpaired) electrons. The van der Waals surface area contributed by atoms with Crippen LogP contribution in [-0.4, -0.2) is 51.4 Å². The summed E-state index contributed by atoms with van der Waals surface area (Å²) in [4.78, 5) is 24.2. The first-order chi connectivity index (χ1) is 18.6. The lowest BCUT2D eigenvalue weighted by molar-refractivity contribution is -0.345. The van der Waals surface area contributed by atoms with Gasteiger partial charge in [-0.1, -0.05) is 12.1 Å². The second-order valence-corrected chi connectivity index (χ2v) is 9.44. The number of ether oxygens (including phenoxy) is 2. The number of methoxy groups -OCH3 is 1. The number of aromatic nitrogens is 4. The molecule has 2 aliphatic rings. The first-order valence-electron chi connectivity index (χ1n) is 12.3. The van der Waals surface area contributed by atoms with Crippen molar-refractivity contribution in [3.05, 3.63) is 42.4 Å². The summed E-state index contributed by atoms with van der Waals surface area (Å²) in [5.74, 6) is -0.529. The molecule has 1 aromatic carbocycles. The predicted octanol–water partition coefficient (Wildman–Crippen LogP) is 4.17. The van der Waals surface area contributed by atoms with Crippen LogP contribution in [0.2, 0.25) is 0 Å². The number of hydrogen-bond donors (Lipinski definition) is 3. The van der Waals surface area contributed by atoms with Gasteiger partial charge in [0.25, 0.3) is 5.91 Å². The lowest BCUT2D eigenvalue weighted by Crippen LogP contribution is -2.28. The molecular formula is C25H26F3N7O4. The first kappa shape index (κ1) is 26.4. The van der Waals surface area contributed by atoms with E-state index in [1.165, 1.54) is 17.9 Å². The molecule has 5 rings (SSSR count). The molecule has 0 aliphatic heterocycles. The SMILES string of the molecule is COc1c(Nc2cc(NC(=O)C3CC3)nnc2C(N)=O)cccc1-c1cnn([C@H]2CCC[C@@H]2OC(F)(F)F)c1.